The molecule has 138 valence electrons. The van der Waals surface area contributed by atoms with Gasteiger partial charge in [-0.3, -0.25) is 4.72 Å². The van der Waals surface area contributed by atoms with Gasteiger partial charge in [-0.05, 0) is 43.0 Å². The first kappa shape index (κ1) is 16.9. The van der Waals surface area contributed by atoms with Crippen molar-refractivity contribution in [2.75, 3.05) is 29.5 Å². The van der Waals surface area contributed by atoms with Crippen molar-refractivity contribution in [3.8, 4) is 11.5 Å². The van der Waals surface area contributed by atoms with E-state index in [1.807, 2.05) is 0 Å². The lowest BCUT2D eigenvalue weighted by Crippen LogP contribution is -2.33. The Balaban J connectivity index is 1.48. The van der Waals surface area contributed by atoms with Gasteiger partial charge in [0.05, 0.1) is 4.90 Å². The highest BCUT2D eigenvalue weighted by atomic mass is 32.2. The van der Waals surface area contributed by atoms with Crippen LogP contribution in [0.2, 0.25) is 0 Å². The van der Waals surface area contributed by atoms with Crippen LogP contribution in [0.1, 0.15) is 19.8 Å². The van der Waals surface area contributed by atoms with Crippen molar-refractivity contribution in [1.29, 1.82) is 0 Å². The van der Waals surface area contributed by atoms with Crippen molar-refractivity contribution in [3.63, 3.8) is 0 Å². The first-order chi connectivity index (χ1) is 12.5. The van der Waals surface area contributed by atoms with Gasteiger partial charge in [-0.15, -0.1) is 10.2 Å². The van der Waals surface area contributed by atoms with Crippen LogP contribution in [0.15, 0.2) is 35.2 Å². The lowest BCUT2D eigenvalue weighted by Gasteiger charge is -2.30. The number of aromatic nitrogens is 2. The second-order valence-electron chi connectivity index (χ2n) is 6.57. The van der Waals surface area contributed by atoms with Gasteiger partial charge in [0.15, 0.2) is 23.1 Å². The van der Waals surface area contributed by atoms with Crippen LogP contribution >= 0.6 is 0 Å². The van der Waals surface area contributed by atoms with E-state index in [-0.39, 0.29) is 17.5 Å². The first-order valence-electron chi connectivity index (χ1n) is 8.52. The van der Waals surface area contributed by atoms with E-state index >= 15 is 0 Å². The molecule has 0 amide bonds. The maximum absolute atomic E-state index is 12.5. The molecule has 0 unspecified atom stereocenters. The van der Waals surface area contributed by atoms with Gasteiger partial charge in [0.2, 0.25) is 6.79 Å². The van der Waals surface area contributed by atoms with Crippen LogP contribution < -0.4 is 19.1 Å². The third-order valence-electron chi connectivity index (χ3n) is 4.65. The van der Waals surface area contributed by atoms with Crippen molar-refractivity contribution >= 4 is 21.7 Å². The normalized spacial score (nSPS) is 17.3. The molecule has 1 saturated heterocycles. The van der Waals surface area contributed by atoms with Crippen molar-refractivity contribution in [2.45, 2.75) is 24.7 Å². The molecule has 0 saturated carbocycles. The quantitative estimate of drug-likeness (QED) is 0.874. The number of piperidine rings is 1. The maximum Gasteiger partial charge on any atom is 0.263 e. The van der Waals surface area contributed by atoms with Crippen LogP contribution in [0, 0.1) is 5.92 Å². The first-order valence-corrected chi connectivity index (χ1v) is 10.0. The van der Waals surface area contributed by atoms with E-state index in [4.69, 9.17) is 9.47 Å². The fraction of sp³-hybridized carbons (Fsp3) is 0.412. The minimum Gasteiger partial charge on any atom is -0.454 e. The summed E-state index contributed by atoms with van der Waals surface area (Å²) in [7, 11) is -3.78. The average Bonchev–Trinajstić information content (AvgIpc) is 3.11. The van der Waals surface area contributed by atoms with E-state index in [9.17, 15) is 8.42 Å². The number of ether oxygens (including phenoxy) is 2. The molecular weight excluding hydrogens is 356 g/mol. The third-order valence-corrected chi connectivity index (χ3v) is 6.00. The summed E-state index contributed by atoms with van der Waals surface area (Å²) in [5.74, 6) is 2.62. The molecule has 26 heavy (non-hydrogen) atoms. The molecule has 1 fully saturated rings. The summed E-state index contributed by atoms with van der Waals surface area (Å²) in [6.45, 7) is 4.22. The molecule has 1 N–H and O–H groups in total. The van der Waals surface area contributed by atoms with Crippen LogP contribution in [0.3, 0.4) is 0 Å². The van der Waals surface area contributed by atoms with E-state index in [1.165, 1.54) is 12.1 Å². The summed E-state index contributed by atoms with van der Waals surface area (Å²) in [6, 6.07) is 7.89. The van der Waals surface area contributed by atoms with Crippen molar-refractivity contribution in [3.05, 3.63) is 30.3 Å². The van der Waals surface area contributed by atoms with Gasteiger partial charge in [-0.25, -0.2) is 8.42 Å². The molecule has 0 bridgehead atoms. The molecule has 0 radical (unpaired) electrons. The maximum atomic E-state index is 12.5. The van der Waals surface area contributed by atoms with Crippen LogP contribution in [0.4, 0.5) is 11.6 Å². The number of hydrogen-bond acceptors (Lipinski definition) is 7. The molecule has 4 rings (SSSR count). The van der Waals surface area contributed by atoms with Crippen LogP contribution in [-0.4, -0.2) is 38.5 Å². The molecule has 1 aromatic carbocycles. The van der Waals surface area contributed by atoms with E-state index in [2.05, 4.69) is 26.7 Å². The number of sulfonamides is 1. The number of anilines is 2. The second-order valence-corrected chi connectivity index (χ2v) is 8.25. The Kier molecular flexibility index (Phi) is 4.31. The summed E-state index contributed by atoms with van der Waals surface area (Å²) in [4.78, 5) is 2.25. The zero-order chi connectivity index (χ0) is 18.1. The number of rotatable bonds is 4. The van der Waals surface area contributed by atoms with Crippen molar-refractivity contribution < 1.29 is 17.9 Å². The molecule has 2 aromatic rings. The lowest BCUT2D eigenvalue weighted by atomic mass is 9.99. The number of nitrogens with zero attached hydrogens (tertiary/aromatic N) is 3. The summed E-state index contributed by atoms with van der Waals surface area (Å²) in [5.41, 5.74) is 0. The van der Waals surface area contributed by atoms with Crippen LogP contribution in [0.5, 0.6) is 11.5 Å². The largest absolute Gasteiger partial charge is 0.454 e. The molecule has 0 atom stereocenters. The van der Waals surface area contributed by atoms with Gasteiger partial charge in [0.1, 0.15) is 0 Å². The zero-order valence-electron chi connectivity index (χ0n) is 14.4. The summed E-state index contributed by atoms with van der Waals surface area (Å²) < 4.78 is 37.9. The molecule has 2 aliphatic heterocycles. The Morgan fingerprint density at radius 3 is 2.58 bits per heavy atom. The van der Waals surface area contributed by atoms with E-state index in [0.717, 1.165) is 37.7 Å². The van der Waals surface area contributed by atoms with Gasteiger partial charge < -0.3 is 14.4 Å². The molecule has 0 spiro atoms. The molecule has 8 nitrogen and oxygen atoms in total. The van der Waals surface area contributed by atoms with Crippen molar-refractivity contribution in [1.82, 2.24) is 10.2 Å². The number of hydrogen-bond donors (Lipinski definition) is 1. The average molecular weight is 376 g/mol. The Labute approximate surface area is 152 Å². The second kappa shape index (κ2) is 6.64. The van der Waals surface area contributed by atoms with E-state index in [1.54, 1.807) is 18.2 Å². The van der Waals surface area contributed by atoms with E-state index in [0.29, 0.717) is 11.5 Å². The van der Waals surface area contributed by atoms with Gasteiger partial charge >= 0.3 is 0 Å². The Bertz CT molecular complexity index is 893. The lowest BCUT2D eigenvalue weighted by molar-refractivity contribution is 0.174. The Morgan fingerprint density at radius 1 is 1.08 bits per heavy atom. The third kappa shape index (κ3) is 3.39. The van der Waals surface area contributed by atoms with Crippen LogP contribution in [-0.2, 0) is 10.0 Å². The van der Waals surface area contributed by atoms with Crippen LogP contribution in [0.25, 0.3) is 0 Å². The predicted octanol–water partition coefficient (Wildman–Crippen LogP) is 2.24. The molecule has 0 aliphatic carbocycles. The molecule has 2 aliphatic rings. The Hall–Kier alpha value is -2.55. The smallest absolute Gasteiger partial charge is 0.263 e. The summed E-state index contributed by atoms with van der Waals surface area (Å²) >= 11 is 0. The minimum atomic E-state index is -3.78. The SMILES string of the molecule is CC1CCN(c2ccc(NS(=O)(=O)c3ccc4c(c3)OCO4)nn2)CC1. The predicted molar refractivity (Wildman–Crippen MR) is 96.0 cm³/mol. The van der Waals surface area contributed by atoms with Gasteiger partial charge in [-0.1, -0.05) is 6.92 Å². The van der Waals surface area contributed by atoms with Gasteiger partial charge in [0.25, 0.3) is 10.0 Å². The molecule has 9 heteroatoms. The standard InChI is InChI=1S/C17H20N4O4S/c1-12-6-8-21(9-7-12)17-5-4-16(18-19-17)20-26(22,23)13-2-3-14-15(10-13)25-11-24-14/h2-5,10,12H,6-9,11H2,1H3,(H,18,20). The fourth-order valence-electron chi connectivity index (χ4n) is 3.03. The molecular formula is C17H20N4O4S. The van der Waals surface area contributed by atoms with Gasteiger partial charge in [0, 0.05) is 19.2 Å². The topological polar surface area (TPSA) is 93.7 Å². The summed E-state index contributed by atoms with van der Waals surface area (Å²) in [6.07, 6.45) is 2.25. The number of fused-ring (bicyclic) bond motifs is 1. The van der Waals surface area contributed by atoms with Gasteiger partial charge in [-0.2, -0.15) is 0 Å². The van der Waals surface area contributed by atoms with E-state index < -0.39 is 10.0 Å². The number of benzene rings is 1. The zero-order valence-corrected chi connectivity index (χ0v) is 15.2. The summed E-state index contributed by atoms with van der Waals surface area (Å²) in [5, 5.41) is 8.19. The molecule has 3 heterocycles. The highest BCUT2D eigenvalue weighted by Crippen LogP contribution is 2.34. The minimum absolute atomic E-state index is 0.0812. The molecule has 1 aromatic heterocycles. The highest BCUT2D eigenvalue weighted by Gasteiger charge is 2.21. The Morgan fingerprint density at radius 2 is 1.85 bits per heavy atom. The highest BCUT2D eigenvalue weighted by molar-refractivity contribution is 7.92. The fourth-order valence-corrected chi connectivity index (χ4v) is 4.04. The number of nitrogens with one attached hydrogen (secondary N) is 1. The van der Waals surface area contributed by atoms with Crippen molar-refractivity contribution in [2.24, 2.45) is 5.92 Å². The monoisotopic (exact) mass is 376 g/mol.